The van der Waals surface area contributed by atoms with Gasteiger partial charge in [0.1, 0.15) is 0 Å². The van der Waals surface area contributed by atoms with Crippen molar-refractivity contribution in [2.45, 2.75) is 45.3 Å². The van der Waals surface area contributed by atoms with Gasteiger partial charge in [-0.05, 0) is 31.1 Å². The van der Waals surface area contributed by atoms with Gasteiger partial charge in [-0.15, -0.1) is 0 Å². The van der Waals surface area contributed by atoms with E-state index in [1.165, 1.54) is 0 Å². The largest absolute Gasteiger partial charge is 0.417 e. The van der Waals surface area contributed by atoms with Crippen LogP contribution in [0.5, 0.6) is 0 Å². The molecule has 0 unspecified atom stereocenters. The molecule has 0 amide bonds. The molecule has 4 heteroatoms. The van der Waals surface area contributed by atoms with E-state index >= 15 is 0 Å². The first-order valence-electron chi connectivity index (χ1n) is 5.53. The second kappa shape index (κ2) is 6.26. The highest BCUT2D eigenvalue weighted by atomic mass is 28.4. The van der Waals surface area contributed by atoms with Crippen molar-refractivity contribution in [2.75, 3.05) is 19.7 Å². The lowest BCUT2D eigenvalue weighted by Crippen LogP contribution is -2.41. The van der Waals surface area contributed by atoms with Gasteiger partial charge in [-0.25, -0.2) is 0 Å². The molecule has 0 aromatic rings. The molecule has 0 aromatic heterocycles. The van der Waals surface area contributed by atoms with Crippen LogP contribution in [0.25, 0.3) is 0 Å². The fourth-order valence-corrected chi connectivity index (χ4v) is 1.97. The van der Waals surface area contributed by atoms with Crippen LogP contribution >= 0.6 is 0 Å². The van der Waals surface area contributed by atoms with Gasteiger partial charge in [0.15, 0.2) is 8.32 Å². The minimum Gasteiger partial charge on any atom is -0.417 e. The monoisotopic (exact) mass is 228 g/mol. The lowest BCUT2D eigenvalue weighted by atomic mass is 10.2. The Morgan fingerprint density at radius 1 is 1.33 bits per heavy atom. The van der Waals surface area contributed by atoms with Crippen molar-refractivity contribution in [2.24, 2.45) is 0 Å². The highest BCUT2D eigenvalue weighted by Gasteiger charge is 2.36. The van der Waals surface area contributed by atoms with E-state index in [4.69, 9.17) is 9.69 Å². The summed E-state index contributed by atoms with van der Waals surface area (Å²) in [6.07, 6.45) is 0.980. The molecular formula is C11H24N2OSi. The maximum atomic E-state index is 8.32. The standard InChI is InChI=1S/C11H24N2OSi/c1-11(2,3)15(4,5)14-10-6-8-13-9-7-12/h13H,6,8-10H2,1-5H3. The Balaban J connectivity index is 3.64. The molecule has 1 N–H and O–H groups in total. The summed E-state index contributed by atoms with van der Waals surface area (Å²) in [5.74, 6) is 0. The number of rotatable bonds is 6. The molecule has 0 rings (SSSR count). The number of nitrogens with one attached hydrogen (secondary N) is 1. The number of hydrogen-bond donors (Lipinski definition) is 1. The number of hydrogen-bond acceptors (Lipinski definition) is 3. The highest BCUT2D eigenvalue weighted by Crippen LogP contribution is 2.36. The molecule has 0 saturated heterocycles. The third-order valence-electron chi connectivity index (χ3n) is 2.97. The quantitative estimate of drug-likeness (QED) is 0.431. The minimum absolute atomic E-state index is 0.285. The average Bonchev–Trinajstić information content (AvgIpc) is 2.09. The molecule has 0 radical (unpaired) electrons. The second-order valence-electron chi connectivity index (χ2n) is 5.30. The molecule has 0 atom stereocenters. The second-order valence-corrected chi connectivity index (χ2v) is 10.1. The van der Waals surface area contributed by atoms with E-state index in [9.17, 15) is 0 Å². The molecule has 0 aliphatic rings. The fraction of sp³-hybridized carbons (Fsp3) is 0.909. The van der Waals surface area contributed by atoms with Crippen LogP contribution in [0.1, 0.15) is 27.2 Å². The first kappa shape index (κ1) is 14.6. The Bertz CT molecular complexity index is 216. The molecule has 3 nitrogen and oxygen atoms in total. The Hall–Kier alpha value is -0.373. The van der Waals surface area contributed by atoms with Crippen LogP contribution in [0, 0.1) is 11.3 Å². The first-order valence-corrected chi connectivity index (χ1v) is 8.44. The van der Waals surface area contributed by atoms with E-state index < -0.39 is 8.32 Å². The maximum absolute atomic E-state index is 8.32. The lowest BCUT2D eigenvalue weighted by Gasteiger charge is -2.36. The van der Waals surface area contributed by atoms with Crippen molar-refractivity contribution in [3.8, 4) is 6.07 Å². The molecule has 0 aliphatic heterocycles. The van der Waals surface area contributed by atoms with Crippen molar-refractivity contribution in [3.05, 3.63) is 0 Å². The molecule has 0 bridgehead atoms. The summed E-state index contributed by atoms with van der Waals surface area (Å²) in [6, 6.07) is 2.06. The normalized spacial score (nSPS) is 12.5. The van der Waals surface area contributed by atoms with Crippen molar-refractivity contribution < 1.29 is 4.43 Å². The molecule has 15 heavy (non-hydrogen) atoms. The van der Waals surface area contributed by atoms with Crippen LogP contribution in [0.2, 0.25) is 18.1 Å². The summed E-state index contributed by atoms with van der Waals surface area (Å²) in [4.78, 5) is 0. The fourth-order valence-electron chi connectivity index (χ4n) is 0.885. The zero-order chi connectivity index (χ0) is 11.9. The molecule has 0 aliphatic carbocycles. The third-order valence-corrected chi connectivity index (χ3v) is 7.51. The Labute approximate surface area is 94.9 Å². The van der Waals surface area contributed by atoms with Crippen LogP contribution in [-0.2, 0) is 4.43 Å². The van der Waals surface area contributed by atoms with Crippen molar-refractivity contribution in [3.63, 3.8) is 0 Å². The summed E-state index contributed by atoms with van der Waals surface area (Å²) in [6.45, 7) is 13.3. The van der Waals surface area contributed by atoms with Gasteiger partial charge in [0.25, 0.3) is 0 Å². The van der Waals surface area contributed by atoms with Gasteiger partial charge in [0, 0.05) is 6.61 Å². The summed E-state index contributed by atoms with van der Waals surface area (Å²) < 4.78 is 5.99. The first-order chi connectivity index (χ1) is 6.81. The predicted molar refractivity (Wildman–Crippen MR) is 66.2 cm³/mol. The smallest absolute Gasteiger partial charge is 0.191 e. The van der Waals surface area contributed by atoms with Crippen molar-refractivity contribution in [1.29, 1.82) is 5.26 Å². The Kier molecular flexibility index (Phi) is 6.11. The van der Waals surface area contributed by atoms with Gasteiger partial charge in [0.05, 0.1) is 12.6 Å². The van der Waals surface area contributed by atoms with Gasteiger partial charge in [-0.1, -0.05) is 20.8 Å². The van der Waals surface area contributed by atoms with Crippen molar-refractivity contribution in [1.82, 2.24) is 5.32 Å². The molecule has 0 fully saturated rings. The zero-order valence-electron chi connectivity index (χ0n) is 10.7. The van der Waals surface area contributed by atoms with Gasteiger partial charge in [-0.3, -0.25) is 0 Å². The van der Waals surface area contributed by atoms with E-state index in [2.05, 4.69) is 45.3 Å². The molecule has 0 aromatic carbocycles. The molecule has 0 saturated carbocycles. The summed E-state index contributed by atoms with van der Waals surface area (Å²) in [7, 11) is -1.57. The Morgan fingerprint density at radius 2 is 1.93 bits per heavy atom. The summed E-state index contributed by atoms with van der Waals surface area (Å²) in [5.41, 5.74) is 0. The third kappa shape index (κ3) is 5.93. The summed E-state index contributed by atoms with van der Waals surface area (Å²) in [5, 5.41) is 11.6. The maximum Gasteiger partial charge on any atom is 0.191 e. The molecule has 0 spiro atoms. The SMILES string of the molecule is CC(C)(C)[Si](C)(C)OCCCNCC#N. The van der Waals surface area contributed by atoms with Gasteiger partial charge in [-0.2, -0.15) is 5.26 Å². The highest BCUT2D eigenvalue weighted by molar-refractivity contribution is 6.74. The van der Waals surface area contributed by atoms with Gasteiger partial charge in [0.2, 0.25) is 0 Å². The van der Waals surface area contributed by atoms with Gasteiger partial charge < -0.3 is 9.74 Å². The van der Waals surface area contributed by atoms with Crippen LogP contribution in [0.15, 0.2) is 0 Å². The topological polar surface area (TPSA) is 45.0 Å². The van der Waals surface area contributed by atoms with Crippen molar-refractivity contribution >= 4 is 8.32 Å². The predicted octanol–water partition coefficient (Wildman–Crippen LogP) is 2.51. The van der Waals surface area contributed by atoms with E-state index in [-0.39, 0.29) is 5.04 Å². The minimum atomic E-state index is -1.57. The average molecular weight is 228 g/mol. The van der Waals surface area contributed by atoms with Crippen LogP contribution in [0.4, 0.5) is 0 Å². The molecular weight excluding hydrogens is 204 g/mol. The van der Waals surface area contributed by atoms with E-state index in [0.717, 1.165) is 19.6 Å². The Morgan fingerprint density at radius 3 is 2.40 bits per heavy atom. The molecule has 88 valence electrons. The van der Waals surface area contributed by atoms with Crippen LogP contribution < -0.4 is 5.32 Å². The summed E-state index contributed by atoms with van der Waals surface area (Å²) >= 11 is 0. The number of nitriles is 1. The van der Waals surface area contributed by atoms with Gasteiger partial charge >= 0.3 is 0 Å². The van der Waals surface area contributed by atoms with Crippen LogP contribution in [-0.4, -0.2) is 28.0 Å². The van der Waals surface area contributed by atoms with E-state index in [1.54, 1.807) is 0 Å². The van der Waals surface area contributed by atoms with Crippen LogP contribution in [0.3, 0.4) is 0 Å². The van der Waals surface area contributed by atoms with E-state index in [0.29, 0.717) is 6.54 Å². The lowest BCUT2D eigenvalue weighted by molar-refractivity contribution is 0.281. The zero-order valence-corrected chi connectivity index (χ0v) is 11.7. The van der Waals surface area contributed by atoms with E-state index in [1.807, 2.05) is 0 Å². The molecule has 0 heterocycles. The number of nitrogens with zero attached hydrogens (tertiary/aromatic N) is 1.